The quantitative estimate of drug-likeness (QED) is 0.0904. The number of para-hydroxylation sites is 1. The summed E-state index contributed by atoms with van der Waals surface area (Å²) in [5.74, 6) is -0.398. The molecule has 9 nitrogen and oxygen atoms in total. The number of rotatable bonds is 7. The Bertz CT molecular complexity index is 1560. The smallest absolute Gasteiger partial charge is 0.270 e. The van der Waals surface area contributed by atoms with E-state index < -0.39 is 4.92 Å². The van der Waals surface area contributed by atoms with E-state index in [-0.39, 0.29) is 22.9 Å². The van der Waals surface area contributed by atoms with Crippen LogP contribution >= 0.6 is 23.1 Å². The zero-order chi connectivity index (χ0) is 25.8. The van der Waals surface area contributed by atoms with E-state index in [9.17, 15) is 19.7 Å². The molecule has 0 bridgehead atoms. The van der Waals surface area contributed by atoms with Gasteiger partial charge in [0, 0.05) is 22.6 Å². The number of thiophene rings is 1. The van der Waals surface area contributed by atoms with Gasteiger partial charge in [0.2, 0.25) is 0 Å². The van der Waals surface area contributed by atoms with Crippen molar-refractivity contribution in [2.75, 3.05) is 5.75 Å². The van der Waals surface area contributed by atoms with Crippen molar-refractivity contribution in [3.8, 4) is 5.69 Å². The molecule has 1 amide bonds. The van der Waals surface area contributed by atoms with Gasteiger partial charge in [-0.05, 0) is 43.4 Å². The Labute approximate surface area is 220 Å². The van der Waals surface area contributed by atoms with E-state index >= 15 is 0 Å². The van der Waals surface area contributed by atoms with Crippen molar-refractivity contribution in [1.29, 1.82) is 0 Å². The van der Waals surface area contributed by atoms with E-state index in [1.54, 1.807) is 28.0 Å². The number of fused-ring (bicyclic) bond motifs is 3. The highest BCUT2D eigenvalue weighted by Gasteiger charge is 2.22. The lowest BCUT2D eigenvalue weighted by Crippen LogP contribution is -2.24. The number of benzene rings is 2. The topological polar surface area (TPSA) is 119 Å². The molecular weight excluding hydrogens is 510 g/mol. The molecule has 0 aliphatic heterocycles. The fourth-order valence-electron chi connectivity index (χ4n) is 4.32. The van der Waals surface area contributed by atoms with Crippen molar-refractivity contribution in [2.45, 2.75) is 37.3 Å². The third-order valence-corrected chi connectivity index (χ3v) is 8.16. The van der Waals surface area contributed by atoms with Gasteiger partial charge in [0.1, 0.15) is 4.83 Å². The molecule has 0 saturated heterocycles. The Kier molecular flexibility index (Phi) is 7.42. The van der Waals surface area contributed by atoms with Gasteiger partial charge in [0.15, 0.2) is 5.16 Å². The summed E-state index contributed by atoms with van der Waals surface area (Å²) in [5, 5.41) is 16.0. The summed E-state index contributed by atoms with van der Waals surface area (Å²) in [6.07, 6.45) is 6.55. The molecule has 0 saturated carbocycles. The number of nitro benzene ring substituents is 1. The minimum atomic E-state index is -0.492. The number of hydrogen-bond acceptors (Lipinski definition) is 8. The number of amides is 1. The monoisotopic (exact) mass is 533 g/mol. The molecule has 5 rings (SSSR count). The second-order valence-corrected chi connectivity index (χ2v) is 10.6. The van der Waals surface area contributed by atoms with Gasteiger partial charge in [0.05, 0.1) is 28.0 Å². The van der Waals surface area contributed by atoms with Gasteiger partial charge in [-0.15, -0.1) is 11.3 Å². The third kappa shape index (κ3) is 5.47. The first-order valence-corrected chi connectivity index (χ1v) is 13.6. The number of hydrogen-bond donors (Lipinski definition) is 1. The molecule has 188 valence electrons. The maximum absolute atomic E-state index is 13.8. The van der Waals surface area contributed by atoms with E-state index in [1.807, 2.05) is 30.3 Å². The highest BCUT2D eigenvalue weighted by atomic mass is 32.2. The lowest BCUT2D eigenvalue weighted by Gasteiger charge is -2.12. The predicted octanol–water partition coefficient (Wildman–Crippen LogP) is 4.87. The van der Waals surface area contributed by atoms with Crippen LogP contribution < -0.4 is 11.0 Å². The first-order valence-electron chi connectivity index (χ1n) is 11.8. The molecule has 2 aromatic carbocycles. The molecule has 0 atom stereocenters. The van der Waals surface area contributed by atoms with Crippen molar-refractivity contribution < 1.29 is 9.72 Å². The summed E-state index contributed by atoms with van der Waals surface area (Å²) in [4.78, 5) is 43.5. The van der Waals surface area contributed by atoms with Gasteiger partial charge in [-0.3, -0.25) is 24.3 Å². The lowest BCUT2D eigenvalue weighted by molar-refractivity contribution is -0.384. The van der Waals surface area contributed by atoms with E-state index in [2.05, 4.69) is 10.5 Å². The van der Waals surface area contributed by atoms with Crippen molar-refractivity contribution in [3.63, 3.8) is 0 Å². The summed E-state index contributed by atoms with van der Waals surface area (Å²) in [6, 6.07) is 15.3. The average Bonchev–Trinajstić information content (AvgIpc) is 3.09. The van der Waals surface area contributed by atoms with Crippen LogP contribution in [0, 0.1) is 10.1 Å². The Morgan fingerprint density at radius 2 is 1.97 bits per heavy atom. The molecule has 2 heterocycles. The fourth-order valence-corrected chi connectivity index (χ4v) is 6.43. The normalized spacial score (nSPS) is 13.4. The van der Waals surface area contributed by atoms with Crippen LogP contribution in [-0.4, -0.2) is 32.3 Å². The molecule has 0 radical (unpaired) electrons. The van der Waals surface area contributed by atoms with Crippen LogP contribution in [0.4, 0.5) is 5.69 Å². The number of nitro groups is 1. The van der Waals surface area contributed by atoms with Crippen molar-refractivity contribution in [1.82, 2.24) is 15.0 Å². The second kappa shape index (κ2) is 11.1. The molecule has 1 aliphatic carbocycles. The van der Waals surface area contributed by atoms with E-state index in [4.69, 9.17) is 4.98 Å². The Morgan fingerprint density at radius 1 is 1.16 bits per heavy atom. The molecule has 1 N–H and O–H groups in total. The number of thioether (sulfide) groups is 1. The number of non-ortho nitro benzene ring substituents is 1. The zero-order valence-electron chi connectivity index (χ0n) is 19.8. The molecule has 2 aromatic heterocycles. The van der Waals surface area contributed by atoms with Crippen molar-refractivity contribution in [3.05, 3.63) is 91.1 Å². The highest BCUT2D eigenvalue weighted by Crippen LogP contribution is 2.34. The summed E-state index contributed by atoms with van der Waals surface area (Å²) >= 11 is 2.75. The number of nitrogens with one attached hydrogen (secondary N) is 1. The van der Waals surface area contributed by atoms with Gasteiger partial charge in [0.25, 0.3) is 17.2 Å². The van der Waals surface area contributed by atoms with Crippen LogP contribution in [0.1, 0.15) is 35.3 Å². The van der Waals surface area contributed by atoms with E-state index in [1.165, 1.54) is 23.2 Å². The van der Waals surface area contributed by atoms with Crippen LogP contribution in [0.15, 0.2) is 69.6 Å². The fraction of sp³-hybridized carbons (Fsp3) is 0.231. The average molecular weight is 534 g/mol. The maximum atomic E-state index is 13.8. The number of aromatic nitrogens is 2. The minimum absolute atomic E-state index is 0.0118. The second-order valence-electron chi connectivity index (χ2n) is 8.55. The van der Waals surface area contributed by atoms with Gasteiger partial charge in [-0.2, -0.15) is 5.10 Å². The molecule has 0 unspecified atom stereocenters. The van der Waals surface area contributed by atoms with Crippen molar-refractivity contribution in [2.24, 2.45) is 5.10 Å². The van der Waals surface area contributed by atoms with Crippen LogP contribution in [0.5, 0.6) is 0 Å². The predicted molar refractivity (Wildman–Crippen MR) is 146 cm³/mol. The van der Waals surface area contributed by atoms with Crippen LogP contribution in [0.3, 0.4) is 0 Å². The van der Waals surface area contributed by atoms with Crippen molar-refractivity contribution >= 4 is 51.1 Å². The van der Waals surface area contributed by atoms with Crippen LogP contribution in [0.2, 0.25) is 0 Å². The minimum Gasteiger partial charge on any atom is -0.272 e. The van der Waals surface area contributed by atoms with E-state index in [0.29, 0.717) is 21.8 Å². The largest absolute Gasteiger partial charge is 0.272 e. The molecule has 4 aromatic rings. The van der Waals surface area contributed by atoms with Gasteiger partial charge < -0.3 is 0 Å². The number of aryl methyl sites for hydroxylation is 2. The van der Waals surface area contributed by atoms with Gasteiger partial charge >= 0.3 is 0 Å². The number of nitrogens with zero attached hydrogens (tertiary/aromatic N) is 4. The Morgan fingerprint density at radius 3 is 2.78 bits per heavy atom. The third-order valence-electron chi connectivity index (χ3n) is 6.04. The molecule has 0 fully saturated rings. The molecular formula is C26H23N5O4S2. The SMILES string of the molecule is O=C(CSc1nc2sc3c(c2c(=O)n1-c1ccccc1)CCCCC3)N/N=C/c1cccc([N+](=O)[O-])c1. The molecule has 0 spiro atoms. The summed E-state index contributed by atoms with van der Waals surface area (Å²) in [7, 11) is 0. The molecule has 37 heavy (non-hydrogen) atoms. The van der Waals surface area contributed by atoms with Crippen LogP contribution in [0.25, 0.3) is 15.9 Å². The Balaban J connectivity index is 1.39. The van der Waals surface area contributed by atoms with E-state index in [0.717, 1.165) is 54.3 Å². The standard InChI is InChI=1S/C26H23N5O4S2/c32-22(29-27-15-17-8-7-11-19(14-17)31(34)35)16-36-26-28-24-23(20-12-5-2-6-13-21(20)37-24)25(33)30(26)18-9-3-1-4-10-18/h1,3-4,7-11,14-15H,2,5-6,12-13,16H2,(H,29,32)/b27-15+. The Hall–Kier alpha value is -3.83. The molecule has 1 aliphatic rings. The number of carbonyl (C=O) groups is 1. The number of carbonyl (C=O) groups excluding carboxylic acids is 1. The first-order chi connectivity index (χ1) is 18.0. The molecule has 11 heteroatoms. The lowest BCUT2D eigenvalue weighted by atomic mass is 10.1. The number of hydrazone groups is 1. The summed E-state index contributed by atoms with van der Waals surface area (Å²) in [6.45, 7) is 0. The van der Waals surface area contributed by atoms with Crippen LogP contribution in [-0.2, 0) is 17.6 Å². The zero-order valence-corrected chi connectivity index (χ0v) is 21.4. The maximum Gasteiger partial charge on any atom is 0.270 e. The summed E-state index contributed by atoms with van der Waals surface area (Å²) in [5.41, 5.74) is 4.58. The first kappa shape index (κ1) is 24.8. The summed E-state index contributed by atoms with van der Waals surface area (Å²) < 4.78 is 1.59. The highest BCUT2D eigenvalue weighted by molar-refractivity contribution is 7.99. The van der Waals surface area contributed by atoms with Gasteiger partial charge in [-0.1, -0.05) is 48.5 Å². The van der Waals surface area contributed by atoms with Gasteiger partial charge in [-0.25, -0.2) is 10.4 Å².